The molecule has 1 aromatic carbocycles. The summed E-state index contributed by atoms with van der Waals surface area (Å²) < 4.78 is 29.2. The van der Waals surface area contributed by atoms with E-state index in [-0.39, 0.29) is 23.2 Å². The number of amides is 1. The first-order valence-electron chi connectivity index (χ1n) is 8.93. The maximum atomic E-state index is 12.8. The van der Waals surface area contributed by atoms with Gasteiger partial charge in [0.2, 0.25) is 0 Å². The molecule has 1 N–H and O–H groups in total. The van der Waals surface area contributed by atoms with Gasteiger partial charge in [0.05, 0.1) is 22.8 Å². The molecule has 3 rings (SSSR count). The number of benzene rings is 1. The lowest BCUT2D eigenvalue weighted by atomic mass is 9.97. The van der Waals surface area contributed by atoms with Crippen LogP contribution in [0.25, 0.3) is 0 Å². The van der Waals surface area contributed by atoms with Crippen molar-refractivity contribution in [1.82, 2.24) is 10.3 Å². The summed E-state index contributed by atoms with van der Waals surface area (Å²) in [6, 6.07) is 6.08. The highest BCUT2D eigenvalue weighted by Crippen LogP contribution is 2.40. The average molecular weight is 409 g/mol. The van der Waals surface area contributed by atoms with Gasteiger partial charge in [0.1, 0.15) is 5.01 Å². The predicted molar refractivity (Wildman–Crippen MR) is 105 cm³/mol. The quantitative estimate of drug-likeness (QED) is 0.761. The van der Waals surface area contributed by atoms with Crippen LogP contribution in [0.1, 0.15) is 46.7 Å². The van der Waals surface area contributed by atoms with E-state index in [0.29, 0.717) is 5.56 Å². The van der Waals surface area contributed by atoms with Crippen LogP contribution in [-0.4, -0.2) is 38.8 Å². The molecule has 1 saturated carbocycles. The van der Waals surface area contributed by atoms with Gasteiger partial charge in [-0.15, -0.1) is 11.3 Å². The molecule has 0 atom stereocenters. The second-order valence-corrected chi connectivity index (χ2v) is 9.84. The molecule has 27 heavy (non-hydrogen) atoms. The Hall–Kier alpha value is -1.77. The van der Waals surface area contributed by atoms with Gasteiger partial charge >= 0.3 is 0 Å². The average Bonchev–Trinajstić information content (AvgIpc) is 3.30. The summed E-state index contributed by atoms with van der Waals surface area (Å²) in [5.41, 5.74) is 0.987. The van der Waals surface area contributed by atoms with Crippen LogP contribution in [0.4, 0.5) is 0 Å². The molecule has 1 aliphatic carbocycles. The molecule has 146 valence electrons. The van der Waals surface area contributed by atoms with Crippen molar-refractivity contribution in [2.24, 2.45) is 0 Å². The van der Waals surface area contributed by atoms with Crippen LogP contribution in [0.3, 0.4) is 0 Å². The van der Waals surface area contributed by atoms with Gasteiger partial charge in [0, 0.05) is 23.7 Å². The molecule has 0 radical (unpaired) electrons. The molecule has 0 aliphatic heterocycles. The van der Waals surface area contributed by atoms with E-state index < -0.39 is 15.4 Å². The molecule has 1 aliphatic rings. The van der Waals surface area contributed by atoms with Crippen molar-refractivity contribution in [2.45, 2.75) is 43.0 Å². The van der Waals surface area contributed by atoms with Crippen molar-refractivity contribution in [3.05, 3.63) is 45.9 Å². The molecule has 1 aromatic heterocycles. The molecule has 6 nitrogen and oxygen atoms in total. The number of sulfone groups is 1. The smallest absolute Gasteiger partial charge is 0.252 e. The lowest BCUT2D eigenvalue weighted by Crippen LogP contribution is -2.43. The number of nitrogens with one attached hydrogen (secondary N) is 1. The Morgan fingerprint density at radius 1 is 1.26 bits per heavy atom. The van der Waals surface area contributed by atoms with E-state index in [1.165, 1.54) is 19.2 Å². The molecule has 2 aromatic rings. The number of thiazole rings is 1. The van der Waals surface area contributed by atoms with E-state index >= 15 is 0 Å². The standard InChI is InChI=1S/C19H24N2O4S2/c1-14-13-26-18(20-14)19(9-3-4-10-19)21-17(22)15-5-7-16(8-6-15)27(23,24)12-11-25-2/h5-8,13H,3-4,9-12H2,1-2H3,(H,21,22). The largest absolute Gasteiger partial charge is 0.384 e. The number of aromatic nitrogens is 1. The third-order valence-corrected chi connectivity index (χ3v) is 7.73. The summed E-state index contributed by atoms with van der Waals surface area (Å²) in [6.07, 6.45) is 3.84. The fourth-order valence-corrected chi connectivity index (χ4v) is 5.54. The third kappa shape index (κ3) is 4.39. The number of carbonyl (C=O) groups excluding carboxylic acids is 1. The van der Waals surface area contributed by atoms with E-state index in [4.69, 9.17) is 4.74 Å². The number of methoxy groups -OCH3 is 1. The van der Waals surface area contributed by atoms with Gasteiger partial charge in [-0.05, 0) is 44.0 Å². The second kappa shape index (κ2) is 8.08. The van der Waals surface area contributed by atoms with Crippen molar-refractivity contribution >= 4 is 27.1 Å². The van der Waals surface area contributed by atoms with Crippen LogP contribution in [0.2, 0.25) is 0 Å². The Morgan fingerprint density at radius 3 is 2.48 bits per heavy atom. The fourth-order valence-electron chi connectivity index (χ4n) is 3.36. The van der Waals surface area contributed by atoms with E-state index in [1.54, 1.807) is 23.5 Å². The lowest BCUT2D eigenvalue weighted by Gasteiger charge is -2.28. The monoisotopic (exact) mass is 408 g/mol. The zero-order valence-electron chi connectivity index (χ0n) is 15.5. The number of aryl methyl sites for hydroxylation is 1. The molecular formula is C19H24N2O4S2. The van der Waals surface area contributed by atoms with Crippen LogP contribution in [-0.2, 0) is 20.1 Å². The molecule has 1 fully saturated rings. The fraction of sp³-hybridized carbons (Fsp3) is 0.474. The Kier molecular flexibility index (Phi) is 5.98. The Bertz CT molecular complexity index is 898. The lowest BCUT2D eigenvalue weighted by molar-refractivity contribution is 0.0898. The van der Waals surface area contributed by atoms with Crippen LogP contribution < -0.4 is 5.32 Å². The normalized spacial score (nSPS) is 16.4. The van der Waals surface area contributed by atoms with Gasteiger partial charge in [0.25, 0.3) is 5.91 Å². The SMILES string of the molecule is COCCS(=O)(=O)c1ccc(C(=O)NC2(c3nc(C)cs3)CCCC2)cc1. The van der Waals surface area contributed by atoms with Crippen molar-refractivity contribution in [3.8, 4) is 0 Å². The zero-order chi connectivity index (χ0) is 19.5. The molecular weight excluding hydrogens is 384 g/mol. The summed E-state index contributed by atoms with van der Waals surface area (Å²) in [5, 5.41) is 6.12. The first-order chi connectivity index (χ1) is 12.9. The van der Waals surface area contributed by atoms with Crippen molar-refractivity contribution in [2.75, 3.05) is 19.5 Å². The molecule has 0 unspecified atom stereocenters. The first kappa shape index (κ1) is 20.0. The number of nitrogens with zero attached hydrogens (tertiary/aromatic N) is 1. The minimum absolute atomic E-state index is 0.0818. The van der Waals surface area contributed by atoms with Gasteiger partial charge in [-0.3, -0.25) is 4.79 Å². The number of carbonyl (C=O) groups is 1. The number of hydrogen-bond acceptors (Lipinski definition) is 6. The van der Waals surface area contributed by atoms with Crippen molar-refractivity contribution in [1.29, 1.82) is 0 Å². The molecule has 0 bridgehead atoms. The molecule has 0 spiro atoms. The van der Waals surface area contributed by atoms with Crippen molar-refractivity contribution < 1.29 is 17.9 Å². The van der Waals surface area contributed by atoms with Crippen LogP contribution >= 0.6 is 11.3 Å². The van der Waals surface area contributed by atoms with Crippen LogP contribution in [0.15, 0.2) is 34.5 Å². The van der Waals surface area contributed by atoms with Gasteiger partial charge < -0.3 is 10.1 Å². The van der Waals surface area contributed by atoms with Gasteiger partial charge in [-0.1, -0.05) is 12.8 Å². The topological polar surface area (TPSA) is 85.4 Å². The summed E-state index contributed by atoms with van der Waals surface area (Å²) in [5.74, 6) is -0.285. The minimum Gasteiger partial charge on any atom is -0.384 e. The van der Waals surface area contributed by atoms with E-state index in [1.807, 2.05) is 12.3 Å². The highest BCUT2D eigenvalue weighted by atomic mass is 32.2. The highest BCUT2D eigenvalue weighted by molar-refractivity contribution is 7.91. The zero-order valence-corrected chi connectivity index (χ0v) is 17.2. The molecule has 1 amide bonds. The number of rotatable bonds is 7. The van der Waals surface area contributed by atoms with Crippen LogP contribution in [0.5, 0.6) is 0 Å². The summed E-state index contributed by atoms with van der Waals surface area (Å²) >= 11 is 1.58. The summed E-state index contributed by atoms with van der Waals surface area (Å²) in [7, 11) is -1.94. The van der Waals surface area contributed by atoms with E-state index in [2.05, 4.69) is 10.3 Å². The van der Waals surface area contributed by atoms with Gasteiger partial charge in [0.15, 0.2) is 9.84 Å². The maximum Gasteiger partial charge on any atom is 0.252 e. The maximum absolute atomic E-state index is 12.8. The second-order valence-electron chi connectivity index (χ2n) is 6.87. The Morgan fingerprint density at radius 2 is 1.93 bits per heavy atom. The summed E-state index contributed by atoms with van der Waals surface area (Å²) in [4.78, 5) is 17.6. The van der Waals surface area contributed by atoms with E-state index in [9.17, 15) is 13.2 Å². The van der Waals surface area contributed by atoms with Gasteiger partial charge in [-0.2, -0.15) is 0 Å². The predicted octanol–water partition coefficient (Wildman–Crippen LogP) is 3.07. The molecule has 1 heterocycles. The first-order valence-corrected chi connectivity index (χ1v) is 11.5. The van der Waals surface area contributed by atoms with Crippen molar-refractivity contribution in [3.63, 3.8) is 0 Å². The highest BCUT2D eigenvalue weighted by Gasteiger charge is 2.39. The molecule has 8 heteroatoms. The molecule has 0 saturated heterocycles. The third-order valence-electron chi connectivity index (χ3n) is 4.87. The number of ether oxygens (including phenoxy) is 1. The van der Waals surface area contributed by atoms with Gasteiger partial charge in [-0.25, -0.2) is 13.4 Å². The summed E-state index contributed by atoms with van der Waals surface area (Å²) in [6.45, 7) is 2.09. The number of hydrogen-bond donors (Lipinski definition) is 1. The Labute approximate surface area is 163 Å². The Balaban J connectivity index is 1.77. The van der Waals surface area contributed by atoms with E-state index in [0.717, 1.165) is 36.4 Å². The minimum atomic E-state index is -3.40. The van der Waals surface area contributed by atoms with Crippen LogP contribution in [0, 0.1) is 6.92 Å².